The van der Waals surface area contributed by atoms with Crippen molar-refractivity contribution in [2.24, 2.45) is 5.92 Å². The van der Waals surface area contributed by atoms with Gasteiger partial charge in [-0.05, 0) is 31.9 Å². The lowest BCUT2D eigenvalue weighted by molar-refractivity contribution is 0.120. The van der Waals surface area contributed by atoms with Crippen molar-refractivity contribution in [2.75, 3.05) is 46.3 Å². The Kier molecular flexibility index (Phi) is 4.88. The van der Waals surface area contributed by atoms with Gasteiger partial charge in [0.05, 0.1) is 0 Å². The summed E-state index contributed by atoms with van der Waals surface area (Å²) >= 11 is 0. The zero-order valence-electron chi connectivity index (χ0n) is 12.9. The number of nitrogens with one attached hydrogen (secondary N) is 1. The summed E-state index contributed by atoms with van der Waals surface area (Å²) in [6, 6.07) is 7.17. The average Bonchev–Trinajstić information content (AvgIpc) is 3.31. The predicted molar refractivity (Wildman–Crippen MR) is 83.8 cm³/mol. The van der Waals surface area contributed by atoms with Crippen LogP contribution in [0.2, 0.25) is 0 Å². The molecular formula is C17H26FN3. The molecule has 0 bridgehead atoms. The fraction of sp³-hybridized carbons (Fsp3) is 0.647. The van der Waals surface area contributed by atoms with Crippen LogP contribution in [-0.4, -0.2) is 56.1 Å². The zero-order valence-corrected chi connectivity index (χ0v) is 12.9. The molecule has 1 aromatic rings. The lowest BCUT2D eigenvalue weighted by atomic mass is 10.1. The van der Waals surface area contributed by atoms with Gasteiger partial charge in [0, 0.05) is 50.9 Å². The van der Waals surface area contributed by atoms with Gasteiger partial charge in [0.25, 0.3) is 0 Å². The first-order chi connectivity index (χ1) is 10.3. The molecule has 116 valence electrons. The van der Waals surface area contributed by atoms with Crippen LogP contribution in [0.15, 0.2) is 24.3 Å². The van der Waals surface area contributed by atoms with Crippen LogP contribution in [-0.2, 0) is 0 Å². The lowest BCUT2D eigenvalue weighted by Gasteiger charge is -2.36. The van der Waals surface area contributed by atoms with E-state index in [1.807, 2.05) is 19.2 Å². The van der Waals surface area contributed by atoms with Crippen molar-refractivity contribution in [1.29, 1.82) is 0 Å². The molecule has 0 spiro atoms. The van der Waals surface area contributed by atoms with Gasteiger partial charge in [0.15, 0.2) is 0 Å². The minimum absolute atomic E-state index is 0.0705. The van der Waals surface area contributed by atoms with Crippen molar-refractivity contribution in [3.05, 3.63) is 35.6 Å². The van der Waals surface area contributed by atoms with Crippen LogP contribution in [0.5, 0.6) is 0 Å². The number of halogens is 1. The Morgan fingerprint density at radius 2 is 1.81 bits per heavy atom. The summed E-state index contributed by atoms with van der Waals surface area (Å²) in [4.78, 5) is 5.04. The lowest BCUT2D eigenvalue weighted by Crippen LogP contribution is -2.49. The smallest absolute Gasteiger partial charge is 0.128 e. The predicted octanol–water partition coefficient (Wildman–Crippen LogP) is 2.11. The molecule has 1 saturated heterocycles. The van der Waals surface area contributed by atoms with Gasteiger partial charge in [-0.1, -0.05) is 18.2 Å². The number of hydrogen-bond donors (Lipinski definition) is 1. The van der Waals surface area contributed by atoms with Crippen LogP contribution in [0, 0.1) is 11.7 Å². The molecule has 3 rings (SSSR count). The van der Waals surface area contributed by atoms with E-state index in [0.29, 0.717) is 0 Å². The summed E-state index contributed by atoms with van der Waals surface area (Å²) in [6.07, 6.45) is 2.85. The minimum Gasteiger partial charge on any atom is -0.312 e. The Labute approximate surface area is 127 Å². The van der Waals surface area contributed by atoms with Gasteiger partial charge in [-0.15, -0.1) is 0 Å². The Hall–Kier alpha value is -0.970. The fourth-order valence-electron chi connectivity index (χ4n) is 3.18. The molecule has 0 aromatic heterocycles. The van der Waals surface area contributed by atoms with Crippen LogP contribution in [0.3, 0.4) is 0 Å². The number of nitrogens with zero attached hydrogens (tertiary/aromatic N) is 2. The Bertz CT molecular complexity index is 453. The topological polar surface area (TPSA) is 18.5 Å². The SMILES string of the molecule is CNC(CN1CCN(CC2CC2)CC1)c1ccccc1F. The molecule has 1 unspecified atom stereocenters. The van der Waals surface area contributed by atoms with E-state index in [0.717, 1.165) is 44.2 Å². The fourth-order valence-corrected chi connectivity index (χ4v) is 3.18. The summed E-state index contributed by atoms with van der Waals surface area (Å²) in [5.74, 6) is 0.865. The number of likely N-dealkylation sites (N-methyl/N-ethyl adjacent to an activating group) is 1. The molecule has 0 radical (unpaired) electrons. The molecule has 1 atom stereocenters. The average molecular weight is 291 g/mol. The largest absolute Gasteiger partial charge is 0.312 e. The highest BCUT2D eigenvalue weighted by atomic mass is 19.1. The van der Waals surface area contributed by atoms with Crippen LogP contribution in [0.25, 0.3) is 0 Å². The van der Waals surface area contributed by atoms with Gasteiger partial charge in [-0.3, -0.25) is 4.90 Å². The highest BCUT2D eigenvalue weighted by Crippen LogP contribution is 2.30. The number of piperazine rings is 1. The maximum Gasteiger partial charge on any atom is 0.128 e. The van der Waals surface area contributed by atoms with Gasteiger partial charge in [-0.25, -0.2) is 4.39 Å². The van der Waals surface area contributed by atoms with Crippen molar-refractivity contribution in [3.8, 4) is 0 Å². The van der Waals surface area contributed by atoms with E-state index in [1.165, 1.54) is 19.4 Å². The summed E-state index contributed by atoms with van der Waals surface area (Å²) < 4.78 is 13.9. The second-order valence-electron chi connectivity index (χ2n) is 6.41. The number of hydrogen-bond acceptors (Lipinski definition) is 3. The Morgan fingerprint density at radius 3 is 2.43 bits per heavy atom. The van der Waals surface area contributed by atoms with Gasteiger partial charge in [0.1, 0.15) is 5.82 Å². The summed E-state index contributed by atoms with van der Waals surface area (Å²) in [7, 11) is 1.92. The molecule has 0 amide bonds. The third-order valence-corrected chi connectivity index (χ3v) is 4.75. The first kappa shape index (κ1) is 14.9. The maximum absolute atomic E-state index is 13.9. The maximum atomic E-state index is 13.9. The molecule has 1 aromatic carbocycles. The van der Waals surface area contributed by atoms with E-state index in [4.69, 9.17) is 0 Å². The van der Waals surface area contributed by atoms with Crippen LogP contribution >= 0.6 is 0 Å². The molecule has 1 aliphatic carbocycles. The standard InChI is InChI=1S/C17H26FN3/c1-19-17(15-4-2-3-5-16(15)18)13-21-10-8-20(9-11-21)12-14-6-7-14/h2-5,14,17,19H,6-13H2,1H3. The minimum atomic E-state index is -0.107. The number of rotatable bonds is 6. The normalized spacial score (nSPS) is 22.4. The van der Waals surface area contributed by atoms with Crippen molar-refractivity contribution in [2.45, 2.75) is 18.9 Å². The van der Waals surface area contributed by atoms with Crippen LogP contribution in [0.1, 0.15) is 24.4 Å². The van der Waals surface area contributed by atoms with Crippen molar-refractivity contribution >= 4 is 0 Å². The van der Waals surface area contributed by atoms with Gasteiger partial charge < -0.3 is 10.2 Å². The van der Waals surface area contributed by atoms with Crippen molar-refractivity contribution < 1.29 is 4.39 Å². The Morgan fingerprint density at radius 1 is 1.14 bits per heavy atom. The molecule has 1 saturated carbocycles. The zero-order chi connectivity index (χ0) is 14.7. The first-order valence-electron chi connectivity index (χ1n) is 8.12. The highest BCUT2D eigenvalue weighted by Gasteiger charge is 2.27. The molecule has 21 heavy (non-hydrogen) atoms. The van der Waals surface area contributed by atoms with E-state index < -0.39 is 0 Å². The third-order valence-electron chi connectivity index (χ3n) is 4.75. The first-order valence-corrected chi connectivity index (χ1v) is 8.12. The quantitative estimate of drug-likeness (QED) is 0.866. The van der Waals surface area contributed by atoms with E-state index in [1.54, 1.807) is 12.1 Å². The van der Waals surface area contributed by atoms with Crippen LogP contribution < -0.4 is 5.32 Å². The van der Waals surface area contributed by atoms with E-state index in [2.05, 4.69) is 15.1 Å². The summed E-state index contributed by atoms with van der Waals surface area (Å²) in [5.41, 5.74) is 0.778. The molecule has 1 heterocycles. The van der Waals surface area contributed by atoms with Crippen molar-refractivity contribution in [1.82, 2.24) is 15.1 Å². The van der Waals surface area contributed by atoms with Gasteiger partial charge in [0.2, 0.25) is 0 Å². The van der Waals surface area contributed by atoms with Crippen molar-refractivity contribution in [3.63, 3.8) is 0 Å². The second kappa shape index (κ2) is 6.86. The van der Waals surface area contributed by atoms with Crippen LogP contribution in [0.4, 0.5) is 4.39 Å². The van der Waals surface area contributed by atoms with E-state index >= 15 is 0 Å². The Balaban J connectivity index is 1.52. The number of benzene rings is 1. The molecule has 2 fully saturated rings. The summed E-state index contributed by atoms with van der Waals surface area (Å²) in [6.45, 7) is 6.68. The summed E-state index contributed by atoms with van der Waals surface area (Å²) in [5, 5.41) is 3.26. The van der Waals surface area contributed by atoms with E-state index in [9.17, 15) is 4.39 Å². The van der Waals surface area contributed by atoms with E-state index in [-0.39, 0.29) is 11.9 Å². The molecular weight excluding hydrogens is 265 g/mol. The van der Waals surface area contributed by atoms with Gasteiger partial charge >= 0.3 is 0 Å². The highest BCUT2D eigenvalue weighted by molar-refractivity contribution is 5.21. The molecule has 3 nitrogen and oxygen atoms in total. The monoisotopic (exact) mass is 291 g/mol. The molecule has 4 heteroatoms. The molecule has 1 aliphatic heterocycles. The second-order valence-corrected chi connectivity index (χ2v) is 6.41. The third kappa shape index (κ3) is 4.02. The van der Waals surface area contributed by atoms with Gasteiger partial charge in [-0.2, -0.15) is 0 Å². The molecule has 1 N–H and O–H groups in total. The molecule has 2 aliphatic rings.